The molecule has 0 atom stereocenters. The van der Waals surface area contributed by atoms with Gasteiger partial charge in [0.05, 0.1) is 17.6 Å². The number of benzene rings is 1. The van der Waals surface area contributed by atoms with Crippen LogP contribution in [0.5, 0.6) is 5.75 Å². The van der Waals surface area contributed by atoms with Crippen LogP contribution in [-0.4, -0.2) is 37.2 Å². The van der Waals surface area contributed by atoms with Gasteiger partial charge in [-0.25, -0.2) is 9.59 Å². The van der Waals surface area contributed by atoms with Crippen LogP contribution in [0.25, 0.3) is 0 Å². The molecule has 8 heteroatoms. The molecule has 0 radical (unpaired) electrons. The highest BCUT2D eigenvalue weighted by molar-refractivity contribution is 5.90. The topological polar surface area (TPSA) is 105 Å². The van der Waals surface area contributed by atoms with Crippen LogP contribution in [-0.2, 0) is 14.3 Å². The van der Waals surface area contributed by atoms with E-state index in [2.05, 4.69) is 6.58 Å². The minimum atomic E-state index is -0.709. The number of nitro benzene ring substituents is 1. The number of esters is 2. The van der Waals surface area contributed by atoms with Gasteiger partial charge in [0.15, 0.2) is 5.75 Å². The van der Waals surface area contributed by atoms with Crippen LogP contribution in [0.4, 0.5) is 5.69 Å². The Balaban J connectivity index is 2.61. The molecule has 22 heavy (non-hydrogen) atoms. The highest BCUT2D eigenvalue weighted by Gasteiger charge is 2.18. The molecule has 1 aromatic carbocycles. The van der Waals surface area contributed by atoms with Crippen LogP contribution in [0.15, 0.2) is 30.4 Å². The first-order chi connectivity index (χ1) is 10.4. The Labute approximate surface area is 126 Å². The summed E-state index contributed by atoms with van der Waals surface area (Å²) in [6, 6.07) is 3.61. The molecule has 0 N–H and O–H groups in total. The van der Waals surface area contributed by atoms with Crippen LogP contribution in [0.1, 0.15) is 17.3 Å². The second-order valence-electron chi connectivity index (χ2n) is 4.20. The van der Waals surface area contributed by atoms with E-state index in [4.69, 9.17) is 14.2 Å². The lowest BCUT2D eigenvalue weighted by Crippen LogP contribution is -2.14. The van der Waals surface area contributed by atoms with E-state index in [1.165, 1.54) is 26.2 Å². The number of carbonyl (C=O) groups is 2. The van der Waals surface area contributed by atoms with Crippen molar-refractivity contribution in [3.63, 3.8) is 0 Å². The molecule has 0 fully saturated rings. The highest BCUT2D eigenvalue weighted by Crippen LogP contribution is 2.27. The maximum atomic E-state index is 11.8. The Morgan fingerprint density at radius 2 is 1.91 bits per heavy atom. The summed E-state index contributed by atoms with van der Waals surface area (Å²) in [5.41, 5.74) is 0.0783. The van der Waals surface area contributed by atoms with E-state index >= 15 is 0 Å². The minimum Gasteiger partial charge on any atom is -0.490 e. The quantitative estimate of drug-likeness (QED) is 0.249. The van der Waals surface area contributed by atoms with E-state index < -0.39 is 16.9 Å². The lowest BCUT2D eigenvalue weighted by atomic mass is 10.2. The maximum absolute atomic E-state index is 11.8. The first kappa shape index (κ1) is 17.2. The van der Waals surface area contributed by atoms with Gasteiger partial charge in [-0.1, -0.05) is 6.58 Å². The Morgan fingerprint density at radius 1 is 1.27 bits per heavy atom. The molecule has 1 rings (SSSR count). The minimum absolute atomic E-state index is 0.0480. The summed E-state index contributed by atoms with van der Waals surface area (Å²) in [5, 5.41) is 10.7. The van der Waals surface area contributed by atoms with Gasteiger partial charge in [0.2, 0.25) is 0 Å². The molecule has 0 aliphatic carbocycles. The van der Waals surface area contributed by atoms with E-state index in [1.807, 2.05) is 0 Å². The summed E-state index contributed by atoms with van der Waals surface area (Å²) in [4.78, 5) is 33.0. The number of rotatable bonds is 7. The molecule has 8 nitrogen and oxygen atoms in total. The molecule has 0 amide bonds. The van der Waals surface area contributed by atoms with Gasteiger partial charge in [0, 0.05) is 17.7 Å². The number of hydrogen-bond acceptors (Lipinski definition) is 7. The molecule has 0 bridgehead atoms. The third kappa shape index (κ3) is 4.58. The van der Waals surface area contributed by atoms with Crippen molar-refractivity contribution in [2.45, 2.75) is 6.92 Å². The average molecular weight is 309 g/mol. The fourth-order valence-corrected chi connectivity index (χ4v) is 1.43. The fourth-order valence-electron chi connectivity index (χ4n) is 1.43. The molecule has 0 saturated heterocycles. The predicted molar refractivity (Wildman–Crippen MR) is 75.7 cm³/mol. The fraction of sp³-hybridized carbons (Fsp3) is 0.286. The first-order valence-electron chi connectivity index (χ1n) is 6.19. The van der Waals surface area contributed by atoms with Crippen molar-refractivity contribution in [3.05, 3.63) is 46.0 Å². The molecule has 0 spiro atoms. The molecule has 118 valence electrons. The molecule has 0 unspecified atom stereocenters. The van der Waals surface area contributed by atoms with Crippen molar-refractivity contribution in [2.75, 3.05) is 20.3 Å². The molecular formula is C14H15NO7. The maximum Gasteiger partial charge on any atom is 0.338 e. The van der Waals surface area contributed by atoms with E-state index in [-0.39, 0.29) is 35.8 Å². The smallest absolute Gasteiger partial charge is 0.338 e. The predicted octanol–water partition coefficient (Wildman–Crippen LogP) is 1.88. The summed E-state index contributed by atoms with van der Waals surface area (Å²) in [6.45, 7) is 4.65. The molecule has 0 aromatic heterocycles. The van der Waals surface area contributed by atoms with Gasteiger partial charge < -0.3 is 14.2 Å². The standard InChI is InChI=1S/C14H15NO7/c1-9(2)13(16)21-6-7-22-14(17)10-4-5-11(15(18)19)12(8-10)20-3/h4-5,8H,1,6-7H2,2-3H3. The van der Waals surface area contributed by atoms with Crippen LogP contribution in [0.2, 0.25) is 0 Å². The summed E-state index contributed by atoms with van der Waals surface area (Å²) in [5.74, 6) is -1.33. The van der Waals surface area contributed by atoms with E-state index in [0.29, 0.717) is 0 Å². The van der Waals surface area contributed by atoms with Crippen LogP contribution >= 0.6 is 0 Å². The van der Waals surface area contributed by atoms with Gasteiger partial charge in [0.1, 0.15) is 13.2 Å². The van der Waals surface area contributed by atoms with Gasteiger partial charge in [0.25, 0.3) is 0 Å². The van der Waals surface area contributed by atoms with Crippen molar-refractivity contribution in [1.29, 1.82) is 0 Å². The third-order valence-electron chi connectivity index (χ3n) is 2.51. The van der Waals surface area contributed by atoms with Gasteiger partial charge in [-0.3, -0.25) is 10.1 Å². The van der Waals surface area contributed by atoms with E-state index in [0.717, 1.165) is 6.07 Å². The zero-order valence-electron chi connectivity index (χ0n) is 12.2. The van der Waals surface area contributed by atoms with Gasteiger partial charge in [-0.15, -0.1) is 0 Å². The van der Waals surface area contributed by atoms with Gasteiger partial charge in [-0.05, 0) is 13.0 Å². The second-order valence-corrected chi connectivity index (χ2v) is 4.20. The number of ether oxygens (including phenoxy) is 3. The molecule has 0 heterocycles. The molecule has 1 aromatic rings. The van der Waals surface area contributed by atoms with Gasteiger partial charge >= 0.3 is 17.6 Å². The monoisotopic (exact) mass is 309 g/mol. The summed E-state index contributed by atoms with van der Waals surface area (Å²) in [6.07, 6.45) is 0. The highest BCUT2D eigenvalue weighted by atomic mass is 16.6. The number of nitrogens with zero attached hydrogens (tertiary/aromatic N) is 1. The van der Waals surface area contributed by atoms with Gasteiger partial charge in [-0.2, -0.15) is 0 Å². The lowest BCUT2D eigenvalue weighted by molar-refractivity contribution is -0.385. The molecule has 0 aliphatic rings. The Morgan fingerprint density at radius 3 is 2.45 bits per heavy atom. The van der Waals surface area contributed by atoms with E-state index in [1.54, 1.807) is 0 Å². The largest absolute Gasteiger partial charge is 0.490 e. The van der Waals surface area contributed by atoms with Crippen molar-refractivity contribution >= 4 is 17.6 Å². The molecule has 0 saturated carbocycles. The lowest BCUT2D eigenvalue weighted by Gasteiger charge is -2.07. The van der Waals surface area contributed by atoms with Crippen molar-refractivity contribution in [1.82, 2.24) is 0 Å². The molecular weight excluding hydrogens is 294 g/mol. The molecule has 0 aliphatic heterocycles. The zero-order valence-corrected chi connectivity index (χ0v) is 12.2. The number of methoxy groups -OCH3 is 1. The summed E-state index contributed by atoms with van der Waals surface area (Å²) in [7, 11) is 1.26. The summed E-state index contributed by atoms with van der Waals surface area (Å²) >= 11 is 0. The average Bonchev–Trinajstić information content (AvgIpc) is 2.49. The Kier molecular flexibility index (Phi) is 6.06. The Hall–Kier alpha value is -2.90. The number of hydrogen-bond donors (Lipinski definition) is 0. The second kappa shape index (κ2) is 7.77. The zero-order chi connectivity index (χ0) is 16.7. The van der Waals surface area contributed by atoms with Crippen LogP contribution in [0, 0.1) is 10.1 Å². The Bertz CT molecular complexity index is 609. The van der Waals surface area contributed by atoms with Crippen molar-refractivity contribution in [2.24, 2.45) is 0 Å². The number of nitro groups is 1. The van der Waals surface area contributed by atoms with Crippen LogP contribution in [0.3, 0.4) is 0 Å². The first-order valence-corrected chi connectivity index (χ1v) is 6.19. The van der Waals surface area contributed by atoms with Crippen molar-refractivity contribution < 1.29 is 28.7 Å². The van der Waals surface area contributed by atoms with E-state index in [9.17, 15) is 19.7 Å². The third-order valence-corrected chi connectivity index (χ3v) is 2.51. The SMILES string of the molecule is C=C(C)C(=O)OCCOC(=O)c1ccc([N+](=O)[O-])c(OC)c1. The number of carbonyl (C=O) groups excluding carboxylic acids is 2. The normalized spacial score (nSPS) is 9.73. The van der Waals surface area contributed by atoms with Crippen molar-refractivity contribution in [3.8, 4) is 5.75 Å². The summed E-state index contributed by atoms with van der Waals surface area (Å²) < 4.78 is 14.5. The van der Waals surface area contributed by atoms with Crippen LogP contribution < -0.4 is 4.74 Å².